The molecule has 0 aromatic heterocycles. The summed E-state index contributed by atoms with van der Waals surface area (Å²) in [6.45, 7) is 6.27. The average molecular weight is 255 g/mol. The SMILES string of the molecule is CC(C)(C)OC(=O)N1CCN2C(=O)NC(=O)[C@@H]2C1. The Morgan fingerprint density at radius 3 is 2.61 bits per heavy atom. The van der Waals surface area contributed by atoms with Gasteiger partial charge in [-0.05, 0) is 20.8 Å². The van der Waals surface area contributed by atoms with E-state index < -0.39 is 17.7 Å². The summed E-state index contributed by atoms with van der Waals surface area (Å²) in [5, 5.41) is 2.24. The van der Waals surface area contributed by atoms with Gasteiger partial charge in [0.25, 0.3) is 5.91 Å². The molecular weight excluding hydrogens is 238 g/mol. The van der Waals surface area contributed by atoms with Gasteiger partial charge in [-0.25, -0.2) is 9.59 Å². The molecule has 2 aliphatic rings. The van der Waals surface area contributed by atoms with Crippen LogP contribution in [0.5, 0.6) is 0 Å². The van der Waals surface area contributed by atoms with Crippen LogP contribution in [0.1, 0.15) is 20.8 Å². The highest BCUT2D eigenvalue weighted by Crippen LogP contribution is 2.17. The largest absolute Gasteiger partial charge is 0.444 e. The summed E-state index contributed by atoms with van der Waals surface area (Å²) < 4.78 is 5.24. The third-order valence-electron chi connectivity index (χ3n) is 2.83. The minimum Gasteiger partial charge on any atom is -0.444 e. The Balaban J connectivity index is 2.01. The molecule has 0 aliphatic carbocycles. The first-order valence-electron chi connectivity index (χ1n) is 5.87. The zero-order chi connectivity index (χ0) is 13.5. The molecule has 2 aliphatic heterocycles. The van der Waals surface area contributed by atoms with Gasteiger partial charge >= 0.3 is 12.1 Å². The Labute approximate surface area is 105 Å². The van der Waals surface area contributed by atoms with Crippen molar-refractivity contribution in [1.29, 1.82) is 0 Å². The van der Waals surface area contributed by atoms with Crippen LogP contribution in [0, 0.1) is 0 Å². The maximum atomic E-state index is 11.9. The minimum atomic E-state index is -0.584. The quantitative estimate of drug-likeness (QED) is 0.625. The summed E-state index contributed by atoms with van der Waals surface area (Å²) in [6, 6.07) is -0.965. The van der Waals surface area contributed by atoms with E-state index in [4.69, 9.17) is 4.74 Å². The molecule has 0 radical (unpaired) electrons. The number of ether oxygens (including phenoxy) is 1. The van der Waals surface area contributed by atoms with Gasteiger partial charge in [0.1, 0.15) is 11.6 Å². The fourth-order valence-corrected chi connectivity index (χ4v) is 2.00. The summed E-state index contributed by atoms with van der Waals surface area (Å²) >= 11 is 0. The van der Waals surface area contributed by atoms with Gasteiger partial charge in [0.15, 0.2) is 0 Å². The van der Waals surface area contributed by atoms with Crippen LogP contribution >= 0.6 is 0 Å². The second-order valence-corrected chi connectivity index (χ2v) is 5.43. The number of carbonyl (C=O) groups excluding carboxylic acids is 3. The van der Waals surface area contributed by atoms with Crippen LogP contribution in [0.2, 0.25) is 0 Å². The van der Waals surface area contributed by atoms with Gasteiger partial charge in [-0.15, -0.1) is 0 Å². The Bertz CT molecular complexity index is 402. The molecule has 2 saturated heterocycles. The van der Waals surface area contributed by atoms with Crippen LogP contribution in [-0.4, -0.2) is 59.1 Å². The monoisotopic (exact) mass is 255 g/mol. The van der Waals surface area contributed by atoms with E-state index >= 15 is 0 Å². The fraction of sp³-hybridized carbons (Fsp3) is 0.727. The van der Waals surface area contributed by atoms with Crippen molar-refractivity contribution in [3.05, 3.63) is 0 Å². The molecule has 0 spiro atoms. The molecular formula is C11H17N3O4. The van der Waals surface area contributed by atoms with E-state index in [-0.39, 0.29) is 18.5 Å². The van der Waals surface area contributed by atoms with E-state index in [1.807, 2.05) is 0 Å². The molecule has 4 amide bonds. The molecule has 0 aromatic rings. The molecule has 2 heterocycles. The van der Waals surface area contributed by atoms with E-state index in [0.29, 0.717) is 13.1 Å². The maximum absolute atomic E-state index is 11.9. The highest BCUT2D eigenvalue weighted by atomic mass is 16.6. The smallest absolute Gasteiger partial charge is 0.410 e. The first kappa shape index (κ1) is 12.7. The van der Waals surface area contributed by atoms with Crippen LogP contribution < -0.4 is 5.32 Å². The van der Waals surface area contributed by atoms with E-state index in [1.54, 1.807) is 20.8 Å². The summed E-state index contributed by atoms with van der Waals surface area (Å²) in [4.78, 5) is 37.7. The molecule has 0 saturated carbocycles. The van der Waals surface area contributed by atoms with Gasteiger partial charge in [-0.1, -0.05) is 0 Å². The van der Waals surface area contributed by atoms with Crippen molar-refractivity contribution in [3.8, 4) is 0 Å². The molecule has 0 aromatic carbocycles. The van der Waals surface area contributed by atoms with Gasteiger partial charge in [-0.2, -0.15) is 0 Å². The molecule has 18 heavy (non-hydrogen) atoms. The number of piperazine rings is 1. The van der Waals surface area contributed by atoms with Crippen molar-refractivity contribution in [2.75, 3.05) is 19.6 Å². The first-order valence-corrected chi connectivity index (χ1v) is 5.87. The highest BCUT2D eigenvalue weighted by molar-refractivity contribution is 6.04. The molecule has 100 valence electrons. The molecule has 7 heteroatoms. The number of hydrogen-bond acceptors (Lipinski definition) is 4. The second kappa shape index (κ2) is 4.15. The van der Waals surface area contributed by atoms with Crippen LogP contribution in [0.15, 0.2) is 0 Å². The lowest BCUT2D eigenvalue weighted by Crippen LogP contribution is -2.55. The lowest BCUT2D eigenvalue weighted by molar-refractivity contribution is -0.122. The van der Waals surface area contributed by atoms with Gasteiger partial charge in [-0.3, -0.25) is 10.1 Å². The topological polar surface area (TPSA) is 79.0 Å². The standard InChI is InChI=1S/C11H17N3O4/c1-11(2,3)18-10(17)13-4-5-14-7(6-13)8(15)12-9(14)16/h7H,4-6H2,1-3H3,(H,12,15,16)/t7-/m0/s1. The summed E-state index contributed by atoms with van der Waals surface area (Å²) in [6.07, 6.45) is -0.450. The van der Waals surface area contributed by atoms with Crippen molar-refractivity contribution in [3.63, 3.8) is 0 Å². The molecule has 1 N–H and O–H groups in total. The molecule has 1 atom stereocenters. The Morgan fingerprint density at radius 1 is 1.33 bits per heavy atom. The Hall–Kier alpha value is -1.79. The summed E-state index contributed by atoms with van der Waals surface area (Å²) in [5.41, 5.74) is -0.567. The zero-order valence-electron chi connectivity index (χ0n) is 10.7. The van der Waals surface area contributed by atoms with E-state index in [9.17, 15) is 14.4 Å². The summed E-state index contributed by atoms with van der Waals surface area (Å²) in [5.74, 6) is -0.353. The van der Waals surface area contributed by atoms with Gasteiger partial charge in [0, 0.05) is 13.1 Å². The number of nitrogens with zero attached hydrogens (tertiary/aromatic N) is 2. The van der Waals surface area contributed by atoms with Crippen LogP contribution in [0.25, 0.3) is 0 Å². The summed E-state index contributed by atoms with van der Waals surface area (Å²) in [7, 11) is 0. The molecule has 7 nitrogen and oxygen atoms in total. The Kier molecular flexibility index (Phi) is 2.92. The number of fused-ring (bicyclic) bond motifs is 1. The van der Waals surface area contributed by atoms with E-state index in [2.05, 4.69) is 5.32 Å². The molecule has 0 unspecified atom stereocenters. The third-order valence-corrected chi connectivity index (χ3v) is 2.83. The number of nitrogens with one attached hydrogen (secondary N) is 1. The van der Waals surface area contributed by atoms with Gasteiger partial charge in [0.2, 0.25) is 0 Å². The van der Waals surface area contributed by atoms with Crippen LogP contribution in [-0.2, 0) is 9.53 Å². The Morgan fingerprint density at radius 2 is 2.00 bits per heavy atom. The van der Waals surface area contributed by atoms with E-state index in [0.717, 1.165) is 0 Å². The lowest BCUT2D eigenvalue weighted by atomic mass is 10.2. The van der Waals surface area contributed by atoms with Crippen molar-refractivity contribution in [1.82, 2.24) is 15.1 Å². The predicted molar refractivity (Wildman–Crippen MR) is 61.8 cm³/mol. The lowest BCUT2D eigenvalue weighted by Gasteiger charge is -2.36. The first-order chi connectivity index (χ1) is 8.28. The van der Waals surface area contributed by atoms with Gasteiger partial charge in [0.05, 0.1) is 6.54 Å². The predicted octanol–water partition coefficient (Wildman–Crippen LogP) is 0.158. The van der Waals surface area contributed by atoms with Crippen molar-refractivity contribution < 1.29 is 19.1 Å². The number of rotatable bonds is 0. The maximum Gasteiger partial charge on any atom is 0.410 e. The number of hydrogen-bond donors (Lipinski definition) is 1. The van der Waals surface area contributed by atoms with Crippen molar-refractivity contribution in [2.45, 2.75) is 32.4 Å². The van der Waals surface area contributed by atoms with Gasteiger partial charge < -0.3 is 14.5 Å². The van der Waals surface area contributed by atoms with Crippen LogP contribution in [0.4, 0.5) is 9.59 Å². The fourth-order valence-electron chi connectivity index (χ4n) is 2.00. The van der Waals surface area contributed by atoms with Crippen LogP contribution in [0.3, 0.4) is 0 Å². The zero-order valence-corrected chi connectivity index (χ0v) is 10.7. The number of imide groups is 1. The number of amides is 4. The molecule has 2 rings (SSSR count). The number of carbonyl (C=O) groups is 3. The van der Waals surface area contributed by atoms with Crippen molar-refractivity contribution in [2.24, 2.45) is 0 Å². The van der Waals surface area contributed by atoms with Crippen molar-refractivity contribution >= 4 is 18.0 Å². The number of urea groups is 1. The second-order valence-electron chi connectivity index (χ2n) is 5.43. The molecule has 0 bridgehead atoms. The third kappa shape index (κ3) is 2.39. The molecule has 2 fully saturated rings. The average Bonchev–Trinajstić information content (AvgIpc) is 2.52. The normalized spacial score (nSPS) is 23.8. The highest BCUT2D eigenvalue weighted by Gasteiger charge is 2.43. The van der Waals surface area contributed by atoms with E-state index in [1.165, 1.54) is 9.80 Å². The minimum absolute atomic E-state index is 0.187.